The summed E-state index contributed by atoms with van der Waals surface area (Å²) < 4.78 is 5.97. The second kappa shape index (κ2) is 6.71. The molecule has 0 unspecified atom stereocenters. The van der Waals surface area contributed by atoms with Gasteiger partial charge in [-0.05, 0) is 92.5 Å². The molecule has 4 fully saturated rings. The van der Waals surface area contributed by atoms with Crippen LogP contribution in [-0.2, 0) is 5.41 Å². The fraction of sp³-hybridized carbons (Fsp3) is 0.727. The zero-order valence-corrected chi connectivity index (χ0v) is 15.5. The van der Waals surface area contributed by atoms with Crippen molar-refractivity contribution in [3.05, 3.63) is 29.8 Å². The second-order valence-electron chi connectivity index (χ2n) is 8.60. The first-order valence-corrected chi connectivity index (χ1v) is 10.2. The number of ether oxygens (including phenoxy) is 1. The summed E-state index contributed by atoms with van der Waals surface area (Å²) in [4.78, 5) is 2.41. The van der Waals surface area contributed by atoms with Crippen molar-refractivity contribution < 1.29 is 4.74 Å². The van der Waals surface area contributed by atoms with Gasteiger partial charge in [0.25, 0.3) is 0 Å². The van der Waals surface area contributed by atoms with E-state index >= 15 is 0 Å². The Hall–Kier alpha value is -1.02. The van der Waals surface area contributed by atoms with Crippen LogP contribution in [0.5, 0.6) is 5.75 Å². The highest BCUT2D eigenvalue weighted by atomic mass is 16.5. The van der Waals surface area contributed by atoms with E-state index in [1.165, 1.54) is 38.5 Å². The molecule has 4 aliphatic rings. The van der Waals surface area contributed by atoms with Crippen LogP contribution in [0.3, 0.4) is 0 Å². The van der Waals surface area contributed by atoms with Gasteiger partial charge in [0.2, 0.25) is 0 Å². The van der Waals surface area contributed by atoms with Gasteiger partial charge in [-0.3, -0.25) is 0 Å². The molecule has 24 heavy (non-hydrogen) atoms. The predicted molar refractivity (Wildman–Crippen MR) is 99.6 cm³/mol. The van der Waals surface area contributed by atoms with Gasteiger partial charge in [-0.1, -0.05) is 26.0 Å². The summed E-state index contributed by atoms with van der Waals surface area (Å²) in [5, 5.41) is 0. The third-order valence-electron chi connectivity index (χ3n) is 7.08. The highest BCUT2D eigenvalue weighted by Gasteiger charge is 2.51. The molecule has 4 saturated carbocycles. The number of benzene rings is 1. The van der Waals surface area contributed by atoms with E-state index in [-0.39, 0.29) is 0 Å². The molecule has 1 aromatic rings. The van der Waals surface area contributed by atoms with Gasteiger partial charge < -0.3 is 9.64 Å². The lowest BCUT2D eigenvalue weighted by atomic mass is 9.48. The molecule has 0 N–H and O–H groups in total. The van der Waals surface area contributed by atoms with Crippen molar-refractivity contribution in [2.75, 3.05) is 26.2 Å². The first-order valence-electron chi connectivity index (χ1n) is 10.2. The molecule has 0 aromatic heterocycles. The predicted octanol–water partition coefficient (Wildman–Crippen LogP) is 4.88. The van der Waals surface area contributed by atoms with Crippen molar-refractivity contribution in [2.24, 2.45) is 17.8 Å². The molecule has 0 saturated heterocycles. The van der Waals surface area contributed by atoms with Crippen molar-refractivity contribution in [3.8, 4) is 5.75 Å². The molecular formula is C22H33NO. The molecule has 2 heteroatoms. The van der Waals surface area contributed by atoms with E-state index in [9.17, 15) is 0 Å². The third kappa shape index (κ3) is 3.10. The van der Waals surface area contributed by atoms with E-state index in [4.69, 9.17) is 4.74 Å². The molecule has 0 heterocycles. The molecule has 0 atom stereocenters. The molecule has 2 nitrogen and oxygen atoms in total. The molecule has 0 aliphatic heterocycles. The summed E-state index contributed by atoms with van der Waals surface area (Å²) in [6, 6.07) is 9.19. The molecule has 5 rings (SSSR count). The van der Waals surface area contributed by atoms with Crippen molar-refractivity contribution >= 4 is 0 Å². The number of hydrogen-bond donors (Lipinski definition) is 0. The first-order chi connectivity index (χ1) is 11.7. The fourth-order valence-electron chi connectivity index (χ4n) is 6.20. The van der Waals surface area contributed by atoms with Gasteiger partial charge >= 0.3 is 0 Å². The maximum atomic E-state index is 5.97. The Kier molecular flexibility index (Phi) is 4.60. The lowest BCUT2D eigenvalue weighted by Gasteiger charge is -2.57. The molecule has 1 aromatic carbocycles. The summed E-state index contributed by atoms with van der Waals surface area (Å²) in [5.74, 6) is 4.08. The second-order valence-corrected chi connectivity index (χ2v) is 8.60. The Bertz CT molecular complexity index is 510. The van der Waals surface area contributed by atoms with Crippen LogP contribution in [0.25, 0.3) is 0 Å². The minimum Gasteiger partial charge on any atom is -0.492 e. The van der Waals surface area contributed by atoms with Gasteiger partial charge in [-0.15, -0.1) is 0 Å². The van der Waals surface area contributed by atoms with E-state index in [1.807, 2.05) is 0 Å². The summed E-state index contributed by atoms with van der Waals surface area (Å²) in [6.45, 7) is 8.44. The highest BCUT2D eigenvalue weighted by Crippen LogP contribution is 2.60. The van der Waals surface area contributed by atoms with Crippen LogP contribution < -0.4 is 4.74 Å². The van der Waals surface area contributed by atoms with Gasteiger partial charge in [0.05, 0.1) is 0 Å². The third-order valence-corrected chi connectivity index (χ3v) is 7.08. The van der Waals surface area contributed by atoms with Crippen molar-refractivity contribution in [3.63, 3.8) is 0 Å². The van der Waals surface area contributed by atoms with Gasteiger partial charge in [-0.25, -0.2) is 0 Å². The van der Waals surface area contributed by atoms with Crippen molar-refractivity contribution in [1.29, 1.82) is 0 Å². The molecule has 0 amide bonds. The molecular weight excluding hydrogens is 294 g/mol. The summed E-state index contributed by atoms with van der Waals surface area (Å²) in [5.41, 5.74) is 2.10. The minimum atomic E-state index is 0.508. The summed E-state index contributed by atoms with van der Waals surface area (Å²) in [6.07, 6.45) is 8.90. The Morgan fingerprint density at radius 3 is 1.96 bits per heavy atom. The smallest absolute Gasteiger partial charge is 0.119 e. The Morgan fingerprint density at radius 1 is 0.917 bits per heavy atom. The van der Waals surface area contributed by atoms with Crippen LogP contribution in [0.4, 0.5) is 0 Å². The summed E-state index contributed by atoms with van der Waals surface area (Å²) >= 11 is 0. The average molecular weight is 328 g/mol. The van der Waals surface area contributed by atoms with Crippen LogP contribution in [0.2, 0.25) is 0 Å². The van der Waals surface area contributed by atoms with Gasteiger partial charge in [-0.2, -0.15) is 0 Å². The lowest BCUT2D eigenvalue weighted by molar-refractivity contribution is -0.00520. The average Bonchev–Trinajstić information content (AvgIpc) is 2.58. The Labute approximate surface area is 147 Å². The van der Waals surface area contributed by atoms with Gasteiger partial charge in [0.1, 0.15) is 12.4 Å². The van der Waals surface area contributed by atoms with Crippen LogP contribution in [0.15, 0.2) is 24.3 Å². The summed E-state index contributed by atoms with van der Waals surface area (Å²) in [7, 11) is 0. The van der Waals surface area contributed by atoms with E-state index in [0.717, 1.165) is 49.7 Å². The van der Waals surface area contributed by atoms with Crippen molar-refractivity contribution in [1.82, 2.24) is 4.90 Å². The monoisotopic (exact) mass is 327 g/mol. The number of nitrogens with zero attached hydrogens (tertiary/aromatic N) is 1. The standard InChI is InChI=1S/C22H33NO/c1-3-23(4-2)9-10-24-21-7-5-20(6-8-21)22-14-17-11-18(15-22)13-19(12-17)16-22/h5-8,17-19H,3-4,9-16H2,1-2H3. The molecule has 0 spiro atoms. The maximum Gasteiger partial charge on any atom is 0.119 e. The Balaban J connectivity index is 1.39. The SMILES string of the molecule is CCN(CC)CCOc1ccc(C23CC4CC(CC(C4)C2)C3)cc1. The highest BCUT2D eigenvalue weighted by molar-refractivity contribution is 5.34. The van der Waals surface area contributed by atoms with Crippen LogP contribution in [-0.4, -0.2) is 31.1 Å². The van der Waals surface area contributed by atoms with E-state index in [2.05, 4.69) is 43.0 Å². The normalized spacial score (nSPS) is 34.0. The van der Waals surface area contributed by atoms with Gasteiger partial charge in [0, 0.05) is 6.54 Å². The molecule has 0 radical (unpaired) electrons. The molecule has 4 aliphatic carbocycles. The lowest BCUT2D eigenvalue weighted by Crippen LogP contribution is -2.48. The number of rotatable bonds is 7. The first kappa shape index (κ1) is 16.4. The quantitative estimate of drug-likeness (QED) is 0.708. The molecule has 132 valence electrons. The minimum absolute atomic E-state index is 0.508. The van der Waals surface area contributed by atoms with Crippen molar-refractivity contribution in [2.45, 2.75) is 57.8 Å². The number of likely N-dealkylation sites (N-methyl/N-ethyl adjacent to an activating group) is 1. The maximum absolute atomic E-state index is 5.97. The Morgan fingerprint density at radius 2 is 1.46 bits per heavy atom. The van der Waals surface area contributed by atoms with E-state index in [1.54, 1.807) is 5.56 Å². The van der Waals surface area contributed by atoms with Gasteiger partial charge in [0.15, 0.2) is 0 Å². The van der Waals surface area contributed by atoms with Crippen LogP contribution in [0, 0.1) is 17.8 Å². The van der Waals surface area contributed by atoms with Crippen LogP contribution >= 0.6 is 0 Å². The van der Waals surface area contributed by atoms with E-state index in [0.29, 0.717) is 5.41 Å². The molecule has 4 bridgehead atoms. The fourth-order valence-corrected chi connectivity index (χ4v) is 6.20. The van der Waals surface area contributed by atoms with E-state index < -0.39 is 0 Å². The topological polar surface area (TPSA) is 12.5 Å². The number of hydrogen-bond acceptors (Lipinski definition) is 2. The zero-order chi connectivity index (χ0) is 16.6. The largest absolute Gasteiger partial charge is 0.492 e. The zero-order valence-electron chi connectivity index (χ0n) is 15.5. The van der Waals surface area contributed by atoms with Crippen LogP contribution in [0.1, 0.15) is 57.9 Å².